The van der Waals surface area contributed by atoms with Gasteiger partial charge in [-0.05, 0) is 54.0 Å². The summed E-state index contributed by atoms with van der Waals surface area (Å²) < 4.78 is 3.28. The van der Waals surface area contributed by atoms with Crippen LogP contribution >= 0.6 is 11.3 Å². The molecule has 3 heterocycles. The van der Waals surface area contributed by atoms with E-state index in [1.807, 2.05) is 18.5 Å². The number of nitrogens with one attached hydrogen (secondary N) is 1. The minimum Gasteiger partial charge on any atom is -0.391 e. The molecule has 6 rings (SSSR count). The van der Waals surface area contributed by atoms with Crippen LogP contribution in [0, 0.1) is 0 Å². The molecule has 33 heavy (non-hydrogen) atoms. The Bertz CT molecular complexity index is 1440. The van der Waals surface area contributed by atoms with Crippen molar-refractivity contribution in [2.45, 2.75) is 44.4 Å². The van der Waals surface area contributed by atoms with E-state index in [0.717, 1.165) is 64.2 Å². The number of nitrogens with zero attached hydrogens (tertiary/aromatic N) is 7. The predicted octanol–water partition coefficient (Wildman–Crippen LogP) is 3.60. The Kier molecular flexibility index (Phi) is 5.03. The van der Waals surface area contributed by atoms with Crippen molar-refractivity contribution >= 4 is 37.7 Å². The number of aryl methyl sites for hydroxylation is 1. The van der Waals surface area contributed by atoms with E-state index in [-0.39, 0.29) is 12.1 Å². The Morgan fingerprint density at radius 1 is 1.12 bits per heavy atom. The first-order chi connectivity index (χ1) is 16.1. The van der Waals surface area contributed by atoms with Crippen LogP contribution in [0.4, 0.5) is 5.13 Å². The summed E-state index contributed by atoms with van der Waals surface area (Å²) in [6, 6.07) is 12.5. The van der Waals surface area contributed by atoms with Gasteiger partial charge in [0.25, 0.3) is 0 Å². The zero-order valence-corrected chi connectivity index (χ0v) is 19.0. The summed E-state index contributed by atoms with van der Waals surface area (Å²) in [4.78, 5) is 10.8. The lowest BCUT2D eigenvalue weighted by atomic mass is 9.93. The van der Waals surface area contributed by atoms with E-state index in [4.69, 9.17) is 4.98 Å². The largest absolute Gasteiger partial charge is 0.391 e. The molecule has 2 aromatic carbocycles. The van der Waals surface area contributed by atoms with Gasteiger partial charge in [0.1, 0.15) is 0 Å². The van der Waals surface area contributed by atoms with Gasteiger partial charge in [0, 0.05) is 12.1 Å². The van der Waals surface area contributed by atoms with Crippen molar-refractivity contribution in [1.82, 2.24) is 34.7 Å². The molecule has 1 aliphatic rings. The van der Waals surface area contributed by atoms with E-state index < -0.39 is 0 Å². The topological polar surface area (TPSA) is 107 Å². The van der Waals surface area contributed by atoms with Gasteiger partial charge in [0.2, 0.25) is 5.82 Å². The third kappa shape index (κ3) is 3.96. The van der Waals surface area contributed by atoms with Gasteiger partial charge >= 0.3 is 0 Å². The molecular weight excluding hydrogens is 436 g/mol. The summed E-state index contributed by atoms with van der Waals surface area (Å²) in [6.07, 6.45) is 5.68. The number of aliphatic hydroxyl groups is 1. The van der Waals surface area contributed by atoms with Gasteiger partial charge in [0.05, 0.1) is 46.8 Å². The van der Waals surface area contributed by atoms with Gasteiger partial charge in [0.15, 0.2) is 5.13 Å². The molecule has 168 valence electrons. The highest BCUT2D eigenvalue weighted by molar-refractivity contribution is 7.22. The van der Waals surface area contributed by atoms with Gasteiger partial charge in [-0.15, -0.1) is 10.2 Å². The number of imidazole rings is 1. The Morgan fingerprint density at radius 3 is 2.88 bits per heavy atom. The van der Waals surface area contributed by atoms with Crippen LogP contribution in [0.3, 0.4) is 0 Å². The number of benzene rings is 2. The van der Waals surface area contributed by atoms with Crippen LogP contribution < -0.4 is 5.32 Å². The van der Waals surface area contributed by atoms with Gasteiger partial charge in [-0.2, -0.15) is 4.80 Å². The lowest BCUT2D eigenvalue weighted by Crippen LogP contribution is -2.36. The molecule has 2 atom stereocenters. The van der Waals surface area contributed by atoms with Crippen LogP contribution in [-0.4, -0.2) is 52.0 Å². The number of thiazole rings is 1. The summed E-state index contributed by atoms with van der Waals surface area (Å²) in [5, 5.41) is 26.9. The summed E-state index contributed by atoms with van der Waals surface area (Å²) in [5.74, 6) is 0.592. The predicted molar refractivity (Wildman–Crippen MR) is 128 cm³/mol. The van der Waals surface area contributed by atoms with Crippen molar-refractivity contribution in [2.24, 2.45) is 7.05 Å². The zero-order valence-electron chi connectivity index (χ0n) is 18.2. The molecule has 0 spiro atoms. The Balaban J connectivity index is 1.23. The number of fused-ring (bicyclic) bond motifs is 2. The molecular formula is C23H24N8OS. The van der Waals surface area contributed by atoms with Crippen LogP contribution in [0.25, 0.3) is 32.6 Å². The molecule has 0 bridgehead atoms. The molecule has 1 unspecified atom stereocenters. The zero-order chi connectivity index (χ0) is 22.4. The molecule has 1 fully saturated rings. The minimum atomic E-state index is -0.291. The second-order valence-electron chi connectivity index (χ2n) is 8.60. The van der Waals surface area contributed by atoms with E-state index in [9.17, 15) is 5.11 Å². The first-order valence-electron chi connectivity index (χ1n) is 11.2. The molecule has 1 saturated carbocycles. The summed E-state index contributed by atoms with van der Waals surface area (Å²) in [7, 11) is 1.75. The van der Waals surface area contributed by atoms with Crippen molar-refractivity contribution in [3.05, 3.63) is 48.3 Å². The number of aromatic nitrogens is 7. The smallest absolute Gasteiger partial charge is 0.204 e. The maximum absolute atomic E-state index is 10.3. The molecule has 1 aliphatic carbocycles. The quantitative estimate of drug-likeness (QED) is 0.413. The number of aliphatic hydroxyl groups excluding tert-OH is 1. The maximum atomic E-state index is 10.3. The molecule has 2 N–H and O–H groups in total. The lowest BCUT2D eigenvalue weighted by molar-refractivity contribution is 0.116. The van der Waals surface area contributed by atoms with Crippen LogP contribution in [0.5, 0.6) is 0 Å². The van der Waals surface area contributed by atoms with Crippen LogP contribution in [-0.2, 0) is 13.6 Å². The highest BCUT2D eigenvalue weighted by atomic mass is 32.1. The highest BCUT2D eigenvalue weighted by Crippen LogP contribution is 2.30. The summed E-state index contributed by atoms with van der Waals surface area (Å²) >= 11 is 1.64. The fourth-order valence-corrected chi connectivity index (χ4v) is 5.48. The second-order valence-corrected chi connectivity index (χ2v) is 9.63. The number of anilines is 1. The Labute approximate surface area is 194 Å². The third-order valence-electron chi connectivity index (χ3n) is 6.23. The number of tetrazole rings is 1. The van der Waals surface area contributed by atoms with Crippen LogP contribution in [0.15, 0.2) is 42.7 Å². The van der Waals surface area contributed by atoms with Crippen molar-refractivity contribution < 1.29 is 5.11 Å². The first kappa shape index (κ1) is 20.3. The molecule has 0 amide bonds. The Morgan fingerprint density at radius 2 is 2.03 bits per heavy atom. The van der Waals surface area contributed by atoms with Gasteiger partial charge in [-0.1, -0.05) is 30.2 Å². The molecule has 10 heteroatoms. The number of hydrogen-bond donors (Lipinski definition) is 2. The normalized spacial score (nSPS) is 18.8. The summed E-state index contributed by atoms with van der Waals surface area (Å²) in [6.45, 7) is 0.719. The van der Waals surface area contributed by atoms with Crippen molar-refractivity contribution in [2.75, 3.05) is 5.32 Å². The van der Waals surface area contributed by atoms with Gasteiger partial charge < -0.3 is 15.0 Å². The number of rotatable bonds is 5. The van der Waals surface area contributed by atoms with Crippen LogP contribution in [0.1, 0.15) is 31.2 Å². The highest BCUT2D eigenvalue weighted by Gasteiger charge is 2.23. The molecule has 3 aromatic heterocycles. The third-order valence-corrected chi connectivity index (χ3v) is 7.18. The van der Waals surface area contributed by atoms with Gasteiger partial charge in [-0.25, -0.2) is 9.97 Å². The van der Waals surface area contributed by atoms with Crippen molar-refractivity contribution in [3.8, 4) is 11.4 Å². The average molecular weight is 461 g/mol. The molecule has 0 aliphatic heterocycles. The van der Waals surface area contributed by atoms with Gasteiger partial charge in [-0.3, -0.25) is 0 Å². The van der Waals surface area contributed by atoms with Crippen molar-refractivity contribution in [3.63, 3.8) is 0 Å². The molecule has 0 radical (unpaired) electrons. The molecule has 9 nitrogen and oxygen atoms in total. The fraction of sp³-hybridized carbons (Fsp3) is 0.348. The van der Waals surface area contributed by atoms with E-state index >= 15 is 0 Å². The molecule has 0 saturated heterocycles. The van der Waals surface area contributed by atoms with E-state index in [1.165, 1.54) is 10.4 Å². The maximum Gasteiger partial charge on any atom is 0.204 e. The summed E-state index contributed by atoms with van der Waals surface area (Å²) in [5.41, 5.74) is 5.02. The van der Waals surface area contributed by atoms with E-state index in [1.54, 1.807) is 18.4 Å². The molecule has 5 aromatic rings. The van der Waals surface area contributed by atoms with E-state index in [0.29, 0.717) is 5.82 Å². The van der Waals surface area contributed by atoms with Crippen LogP contribution in [0.2, 0.25) is 0 Å². The monoisotopic (exact) mass is 460 g/mol. The Hall–Kier alpha value is -3.37. The number of hydrogen-bond acceptors (Lipinski definition) is 8. The standard InChI is InChI=1S/C23H24N8OS/c1-30-28-22(27-29-30)15-7-9-19-18(11-15)24-13-31(19)12-14-6-8-17-21(10-14)33-23(26-17)25-16-4-2-3-5-20(16)32/h6-11,13,16,20,32H,2-5,12H2,1H3,(H,25,26)/t16?,20-/m1/s1. The average Bonchev–Trinajstić information content (AvgIpc) is 3.53. The van der Waals surface area contributed by atoms with Crippen molar-refractivity contribution in [1.29, 1.82) is 0 Å². The minimum absolute atomic E-state index is 0.0954. The second kappa shape index (κ2) is 8.20. The lowest BCUT2D eigenvalue weighted by Gasteiger charge is -2.27. The first-order valence-corrected chi connectivity index (χ1v) is 12.0. The SMILES string of the molecule is Cn1nnc(-c2ccc3c(c2)ncn3Cc2ccc3nc(NC4CCCC[C@H]4O)sc3c2)n1. The van der Waals surface area contributed by atoms with E-state index in [2.05, 4.69) is 54.5 Å². The fourth-order valence-electron chi connectivity index (χ4n) is 4.49.